The van der Waals surface area contributed by atoms with Crippen molar-refractivity contribution in [3.63, 3.8) is 0 Å². The number of guanidine groups is 1. The zero-order valence-electron chi connectivity index (χ0n) is 5.54. The van der Waals surface area contributed by atoms with Gasteiger partial charge in [-0.1, -0.05) is 18.2 Å². The molecule has 52 valence electrons. The van der Waals surface area contributed by atoms with Gasteiger partial charge >= 0.3 is 5.96 Å². The zero-order chi connectivity index (χ0) is 7.40. The van der Waals surface area contributed by atoms with Gasteiger partial charge in [0, 0.05) is 0 Å². The number of nitrogens with one attached hydrogen (secondary N) is 1. The predicted molar refractivity (Wildman–Crippen MR) is 40.4 cm³/mol. The van der Waals surface area contributed by atoms with E-state index in [1.807, 2.05) is 30.3 Å². The van der Waals surface area contributed by atoms with Crippen molar-refractivity contribution in [3.8, 4) is 0 Å². The summed E-state index contributed by atoms with van der Waals surface area (Å²) in [6, 6.07) is 9.52. The second-order valence-corrected chi connectivity index (χ2v) is 1.95. The monoisotopic (exact) mass is 136 g/mol. The molecule has 0 fully saturated rings. The van der Waals surface area contributed by atoms with Crippen LogP contribution in [0.5, 0.6) is 0 Å². The minimum atomic E-state index is 0.214. The first-order chi connectivity index (χ1) is 4.79. The van der Waals surface area contributed by atoms with Gasteiger partial charge in [-0.15, -0.1) is 0 Å². The van der Waals surface area contributed by atoms with Crippen molar-refractivity contribution >= 4 is 11.6 Å². The molecule has 0 saturated heterocycles. The molecule has 10 heavy (non-hydrogen) atoms. The van der Waals surface area contributed by atoms with Gasteiger partial charge in [-0.2, -0.15) is 0 Å². The molecule has 0 heterocycles. The molecule has 3 heteroatoms. The van der Waals surface area contributed by atoms with E-state index in [1.165, 1.54) is 0 Å². The number of nitrogens with two attached hydrogens (primary N) is 2. The van der Waals surface area contributed by atoms with Gasteiger partial charge in [-0.05, 0) is 12.1 Å². The first-order valence-electron chi connectivity index (χ1n) is 2.99. The van der Waals surface area contributed by atoms with E-state index in [0.717, 1.165) is 5.69 Å². The zero-order valence-corrected chi connectivity index (χ0v) is 5.54. The van der Waals surface area contributed by atoms with Crippen LogP contribution in [0.4, 0.5) is 5.69 Å². The fourth-order valence-electron chi connectivity index (χ4n) is 0.688. The lowest BCUT2D eigenvalue weighted by atomic mass is 10.3. The topological polar surface area (TPSA) is 66.0 Å². The fraction of sp³-hybridized carbons (Fsp3) is 0. The Hall–Kier alpha value is -1.51. The molecule has 0 aliphatic rings. The SMILES string of the molecule is NC(N)=[NH+]c1ccccc1. The molecule has 0 bridgehead atoms. The summed E-state index contributed by atoms with van der Waals surface area (Å²) in [4.78, 5) is 2.78. The van der Waals surface area contributed by atoms with Crippen molar-refractivity contribution in [2.75, 3.05) is 0 Å². The lowest BCUT2D eigenvalue weighted by Gasteiger charge is -1.88. The van der Waals surface area contributed by atoms with Gasteiger partial charge in [0.2, 0.25) is 0 Å². The highest BCUT2D eigenvalue weighted by Gasteiger charge is 1.87. The Labute approximate surface area is 59.4 Å². The lowest BCUT2D eigenvalue weighted by Crippen LogP contribution is -2.72. The Morgan fingerprint density at radius 2 is 1.70 bits per heavy atom. The number of rotatable bonds is 1. The average molecular weight is 136 g/mol. The second-order valence-electron chi connectivity index (χ2n) is 1.95. The van der Waals surface area contributed by atoms with Crippen molar-refractivity contribution in [3.05, 3.63) is 30.3 Å². The molecule has 0 amide bonds. The van der Waals surface area contributed by atoms with E-state index in [4.69, 9.17) is 11.5 Å². The second kappa shape index (κ2) is 2.87. The Balaban J connectivity index is 2.87. The first-order valence-corrected chi connectivity index (χ1v) is 2.99. The summed E-state index contributed by atoms with van der Waals surface area (Å²) < 4.78 is 0. The van der Waals surface area contributed by atoms with Gasteiger partial charge < -0.3 is 0 Å². The third kappa shape index (κ3) is 1.78. The first kappa shape index (κ1) is 6.61. The van der Waals surface area contributed by atoms with Gasteiger partial charge in [0.1, 0.15) is 0 Å². The van der Waals surface area contributed by atoms with Crippen molar-refractivity contribution in [2.24, 2.45) is 11.5 Å². The van der Waals surface area contributed by atoms with E-state index in [2.05, 4.69) is 4.99 Å². The van der Waals surface area contributed by atoms with Gasteiger partial charge in [-0.25, -0.2) is 4.99 Å². The summed E-state index contributed by atoms with van der Waals surface area (Å²) in [6.45, 7) is 0. The van der Waals surface area contributed by atoms with E-state index < -0.39 is 0 Å². The molecule has 1 aromatic carbocycles. The molecule has 0 unspecified atom stereocenters. The molecule has 0 spiro atoms. The molecule has 0 aliphatic carbocycles. The summed E-state index contributed by atoms with van der Waals surface area (Å²) in [6.07, 6.45) is 0. The van der Waals surface area contributed by atoms with Crippen LogP contribution in [0, 0.1) is 0 Å². The summed E-state index contributed by atoms with van der Waals surface area (Å²) in [5, 5.41) is 0. The van der Waals surface area contributed by atoms with E-state index in [1.54, 1.807) is 0 Å². The van der Waals surface area contributed by atoms with Crippen LogP contribution < -0.4 is 16.5 Å². The largest absolute Gasteiger partial charge is 0.343 e. The highest BCUT2D eigenvalue weighted by molar-refractivity contribution is 5.70. The molecule has 0 aromatic heterocycles. The minimum Gasteiger partial charge on any atom is -0.291 e. The molecule has 0 aliphatic heterocycles. The highest BCUT2D eigenvalue weighted by Crippen LogP contribution is 1.94. The van der Waals surface area contributed by atoms with Crippen LogP contribution in [0.2, 0.25) is 0 Å². The van der Waals surface area contributed by atoms with Crippen LogP contribution in [0.3, 0.4) is 0 Å². The van der Waals surface area contributed by atoms with E-state index in [9.17, 15) is 0 Å². The number of hydrogen-bond acceptors (Lipinski definition) is 0. The van der Waals surface area contributed by atoms with E-state index in [-0.39, 0.29) is 5.96 Å². The minimum absolute atomic E-state index is 0.214. The number of para-hydroxylation sites is 1. The van der Waals surface area contributed by atoms with Crippen molar-refractivity contribution < 1.29 is 4.99 Å². The summed E-state index contributed by atoms with van der Waals surface area (Å²) in [5.74, 6) is 0.214. The normalized spacial score (nSPS) is 8.80. The van der Waals surface area contributed by atoms with E-state index >= 15 is 0 Å². The van der Waals surface area contributed by atoms with Crippen LogP contribution in [-0.4, -0.2) is 5.96 Å². The highest BCUT2D eigenvalue weighted by atomic mass is 15.0. The lowest BCUT2D eigenvalue weighted by molar-refractivity contribution is -0.356. The fourth-order valence-corrected chi connectivity index (χ4v) is 0.688. The van der Waals surface area contributed by atoms with Crippen LogP contribution in [0.15, 0.2) is 30.3 Å². The quantitative estimate of drug-likeness (QED) is 0.331. The maximum atomic E-state index is 5.21. The molecule has 1 rings (SSSR count). The molecular weight excluding hydrogens is 126 g/mol. The molecule has 0 atom stereocenters. The van der Waals surface area contributed by atoms with Crippen LogP contribution in [0.25, 0.3) is 0 Å². The third-order valence-electron chi connectivity index (χ3n) is 1.06. The predicted octanol–water partition coefficient (Wildman–Crippen LogP) is -1.33. The Kier molecular flexibility index (Phi) is 1.89. The summed E-state index contributed by atoms with van der Waals surface area (Å²) in [7, 11) is 0. The van der Waals surface area contributed by atoms with Crippen molar-refractivity contribution in [1.29, 1.82) is 0 Å². The van der Waals surface area contributed by atoms with Gasteiger partial charge in [-0.3, -0.25) is 11.5 Å². The van der Waals surface area contributed by atoms with Crippen LogP contribution in [0.1, 0.15) is 0 Å². The smallest absolute Gasteiger partial charge is 0.291 e. The molecule has 3 nitrogen and oxygen atoms in total. The van der Waals surface area contributed by atoms with Gasteiger partial charge in [0.05, 0.1) is 5.69 Å². The Morgan fingerprint density at radius 1 is 1.10 bits per heavy atom. The standard InChI is InChI=1S/C7H9N3/c8-7(9)10-6-4-2-1-3-5-6/h1-5H,(H4,8,9,10)/p+1. The van der Waals surface area contributed by atoms with Crippen LogP contribution in [-0.2, 0) is 0 Å². The van der Waals surface area contributed by atoms with E-state index in [0.29, 0.717) is 0 Å². The maximum absolute atomic E-state index is 5.21. The molecular formula is C7H10N3+. The molecule has 5 N–H and O–H groups in total. The molecule has 0 radical (unpaired) electrons. The van der Waals surface area contributed by atoms with Crippen molar-refractivity contribution in [2.45, 2.75) is 0 Å². The number of benzene rings is 1. The van der Waals surface area contributed by atoms with Gasteiger partial charge in [0.25, 0.3) is 0 Å². The number of hydrogen-bond donors (Lipinski definition) is 3. The maximum Gasteiger partial charge on any atom is 0.343 e. The third-order valence-corrected chi connectivity index (χ3v) is 1.06. The summed E-state index contributed by atoms with van der Waals surface area (Å²) in [5.41, 5.74) is 11.3. The van der Waals surface area contributed by atoms with Crippen LogP contribution >= 0.6 is 0 Å². The Morgan fingerprint density at radius 3 is 2.20 bits per heavy atom. The Bertz CT molecular complexity index is 224. The molecule has 0 saturated carbocycles. The summed E-state index contributed by atoms with van der Waals surface area (Å²) >= 11 is 0. The average Bonchev–Trinajstić information content (AvgIpc) is 1.88. The van der Waals surface area contributed by atoms with Gasteiger partial charge in [0.15, 0.2) is 0 Å². The van der Waals surface area contributed by atoms with Crippen molar-refractivity contribution in [1.82, 2.24) is 0 Å². The molecule has 1 aromatic rings.